The second-order valence-electron chi connectivity index (χ2n) is 8.20. The lowest BCUT2D eigenvalue weighted by molar-refractivity contribution is 0.475. The Bertz CT molecular complexity index is 1110. The van der Waals surface area contributed by atoms with E-state index in [2.05, 4.69) is 66.6 Å². The molecule has 3 nitrogen and oxygen atoms in total. The fraction of sp³-hybridized carbons (Fsp3) is 0.259. The SMILES string of the molecule is Cc1cc(C)cc(-c2[nH]c3ccccc3c2CNCCCCc2ccc(O)cc2)c1. The average molecular weight is 399 g/mol. The molecule has 0 saturated carbocycles. The molecule has 0 fully saturated rings. The van der Waals surface area contributed by atoms with Crippen molar-refractivity contribution in [3.63, 3.8) is 0 Å². The Hall–Kier alpha value is -3.04. The molecule has 4 aromatic rings. The van der Waals surface area contributed by atoms with Crippen molar-refractivity contribution in [2.24, 2.45) is 0 Å². The van der Waals surface area contributed by atoms with Crippen LogP contribution in [0.1, 0.15) is 35.1 Å². The Morgan fingerprint density at radius 3 is 2.37 bits per heavy atom. The van der Waals surface area contributed by atoms with E-state index in [4.69, 9.17) is 0 Å². The molecular formula is C27H30N2O. The minimum atomic E-state index is 0.332. The summed E-state index contributed by atoms with van der Waals surface area (Å²) in [5, 5.41) is 14.3. The van der Waals surface area contributed by atoms with Crippen LogP contribution < -0.4 is 5.32 Å². The van der Waals surface area contributed by atoms with Crippen LogP contribution in [-0.4, -0.2) is 16.6 Å². The minimum absolute atomic E-state index is 0.332. The second kappa shape index (κ2) is 9.19. The van der Waals surface area contributed by atoms with Crippen LogP contribution in [0.5, 0.6) is 5.75 Å². The summed E-state index contributed by atoms with van der Waals surface area (Å²) in [4.78, 5) is 3.65. The normalized spacial score (nSPS) is 11.3. The van der Waals surface area contributed by atoms with Crippen LogP contribution in [0.25, 0.3) is 22.2 Å². The first-order valence-electron chi connectivity index (χ1n) is 10.8. The zero-order chi connectivity index (χ0) is 20.9. The summed E-state index contributed by atoms with van der Waals surface area (Å²) in [6.45, 7) is 6.16. The third kappa shape index (κ3) is 4.74. The average Bonchev–Trinajstić information content (AvgIpc) is 3.10. The van der Waals surface area contributed by atoms with Crippen LogP contribution in [0, 0.1) is 13.8 Å². The quantitative estimate of drug-likeness (QED) is 0.306. The van der Waals surface area contributed by atoms with Gasteiger partial charge in [-0.25, -0.2) is 0 Å². The molecule has 0 aliphatic rings. The molecule has 1 aromatic heterocycles. The number of hydrogen-bond acceptors (Lipinski definition) is 2. The van der Waals surface area contributed by atoms with E-state index in [1.165, 1.54) is 44.4 Å². The fourth-order valence-electron chi connectivity index (χ4n) is 4.20. The predicted molar refractivity (Wildman–Crippen MR) is 126 cm³/mol. The number of phenols is 1. The third-order valence-electron chi connectivity index (χ3n) is 5.63. The van der Waals surface area contributed by atoms with Crippen molar-refractivity contribution in [2.45, 2.75) is 39.7 Å². The van der Waals surface area contributed by atoms with Gasteiger partial charge in [-0.3, -0.25) is 0 Å². The van der Waals surface area contributed by atoms with E-state index in [-0.39, 0.29) is 0 Å². The number of hydrogen-bond donors (Lipinski definition) is 3. The van der Waals surface area contributed by atoms with E-state index < -0.39 is 0 Å². The van der Waals surface area contributed by atoms with E-state index in [0.717, 1.165) is 32.4 Å². The van der Waals surface area contributed by atoms with Crippen molar-refractivity contribution in [1.29, 1.82) is 0 Å². The molecule has 1 heterocycles. The maximum atomic E-state index is 9.39. The van der Waals surface area contributed by atoms with Crippen LogP contribution >= 0.6 is 0 Å². The number of aryl methyl sites for hydroxylation is 3. The van der Waals surface area contributed by atoms with Crippen molar-refractivity contribution in [1.82, 2.24) is 10.3 Å². The molecule has 0 unspecified atom stereocenters. The monoisotopic (exact) mass is 398 g/mol. The number of aromatic hydroxyl groups is 1. The summed E-state index contributed by atoms with van der Waals surface area (Å²) in [5.41, 5.74) is 8.87. The molecule has 0 amide bonds. The highest BCUT2D eigenvalue weighted by atomic mass is 16.3. The first kappa shape index (κ1) is 20.2. The van der Waals surface area contributed by atoms with Crippen molar-refractivity contribution >= 4 is 10.9 Å². The number of phenolic OH excluding ortho intramolecular Hbond substituents is 1. The lowest BCUT2D eigenvalue weighted by atomic mass is 10.0. The molecular weight excluding hydrogens is 368 g/mol. The van der Waals surface area contributed by atoms with Gasteiger partial charge in [0.1, 0.15) is 5.75 Å². The lowest BCUT2D eigenvalue weighted by Gasteiger charge is -2.09. The van der Waals surface area contributed by atoms with Gasteiger partial charge in [0, 0.05) is 17.4 Å². The summed E-state index contributed by atoms with van der Waals surface area (Å²) in [5.74, 6) is 0.332. The number of fused-ring (bicyclic) bond motifs is 1. The van der Waals surface area contributed by atoms with Crippen molar-refractivity contribution in [3.05, 3.63) is 89.0 Å². The highest BCUT2D eigenvalue weighted by molar-refractivity contribution is 5.90. The molecule has 0 spiro atoms. The molecule has 3 aromatic carbocycles. The minimum Gasteiger partial charge on any atom is -0.508 e. The third-order valence-corrected chi connectivity index (χ3v) is 5.63. The number of para-hydroxylation sites is 1. The van der Waals surface area contributed by atoms with Gasteiger partial charge in [0.15, 0.2) is 0 Å². The molecule has 4 rings (SSSR count). The largest absolute Gasteiger partial charge is 0.508 e. The van der Waals surface area contributed by atoms with Crippen LogP contribution in [0.2, 0.25) is 0 Å². The first-order chi connectivity index (χ1) is 14.6. The molecule has 0 atom stereocenters. The molecule has 154 valence electrons. The topological polar surface area (TPSA) is 48.0 Å². The molecule has 0 aliphatic heterocycles. The van der Waals surface area contributed by atoms with Gasteiger partial charge >= 0.3 is 0 Å². The number of H-pyrrole nitrogens is 1. The molecule has 3 heteroatoms. The molecule has 0 bridgehead atoms. The highest BCUT2D eigenvalue weighted by Crippen LogP contribution is 2.31. The van der Waals surface area contributed by atoms with E-state index in [9.17, 15) is 5.11 Å². The standard InChI is InChI=1S/C27H30N2O/c1-19-15-20(2)17-22(16-19)27-25(24-8-3-4-9-26(24)29-27)18-28-14-6-5-7-21-10-12-23(30)13-11-21/h3-4,8-13,15-17,28-30H,5-7,14,18H2,1-2H3. The van der Waals surface area contributed by atoms with Gasteiger partial charge in [0.05, 0.1) is 5.69 Å². The number of benzene rings is 3. The van der Waals surface area contributed by atoms with Crippen LogP contribution in [0.15, 0.2) is 66.7 Å². The summed E-state index contributed by atoms with van der Waals surface area (Å²) >= 11 is 0. The maximum absolute atomic E-state index is 9.39. The zero-order valence-electron chi connectivity index (χ0n) is 17.8. The van der Waals surface area contributed by atoms with E-state index in [0.29, 0.717) is 5.75 Å². The van der Waals surface area contributed by atoms with Gasteiger partial charge in [-0.1, -0.05) is 47.5 Å². The predicted octanol–water partition coefficient (Wildman–Crippen LogP) is 6.27. The van der Waals surface area contributed by atoms with Crippen LogP contribution in [-0.2, 0) is 13.0 Å². The first-order valence-corrected chi connectivity index (χ1v) is 10.8. The number of rotatable bonds is 8. The molecule has 0 aliphatic carbocycles. The van der Waals surface area contributed by atoms with E-state index in [1.54, 1.807) is 12.1 Å². The Balaban J connectivity index is 1.42. The number of nitrogens with one attached hydrogen (secondary N) is 2. The Labute approximate surface area is 178 Å². The fourth-order valence-corrected chi connectivity index (χ4v) is 4.20. The van der Waals surface area contributed by atoms with Crippen molar-refractivity contribution in [2.75, 3.05) is 6.54 Å². The van der Waals surface area contributed by atoms with Crippen molar-refractivity contribution < 1.29 is 5.11 Å². The number of aromatic nitrogens is 1. The van der Waals surface area contributed by atoms with Gasteiger partial charge in [0.2, 0.25) is 0 Å². The maximum Gasteiger partial charge on any atom is 0.115 e. The summed E-state index contributed by atoms with van der Waals surface area (Å²) in [6.07, 6.45) is 3.31. The zero-order valence-corrected chi connectivity index (χ0v) is 17.8. The summed E-state index contributed by atoms with van der Waals surface area (Å²) < 4.78 is 0. The second-order valence-corrected chi connectivity index (χ2v) is 8.20. The Kier molecular flexibility index (Phi) is 6.20. The Morgan fingerprint density at radius 2 is 1.60 bits per heavy atom. The Morgan fingerprint density at radius 1 is 0.867 bits per heavy atom. The smallest absolute Gasteiger partial charge is 0.115 e. The molecule has 3 N–H and O–H groups in total. The molecule has 0 radical (unpaired) electrons. The van der Waals surface area contributed by atoms with E-state index >= 15 is 0 Å². The van der Waals surface area contributed by atoms with Crippen LogP contribution in [0.3, 0.4) is 0 Å². The molecule has 0 saturated heterocycles. The number of aromatic amines is 1. The van der Waals surface area contributed by atoms with Crippen molar-refractivity contribution in [3.8, 4) is 17.0 Å². The van der Waals surface area contributed by atoms with E-state index in [1.807, 2.05) is 12.1 Å². The summed E-state index contributed by atoms with van der Waals surface area (Å²) in [6, 6.07) is 22.8. The van der Waals surface area contributed by atoms with Gasteiger partial charge in [0.25, 0.3) is 0 Å². The van der Waals surface area contributed by atoms with Gasteiger partial charge in [-0.15, -0.1) is 0 Å². The lowest BCUT2D eigenvalue weighted by Crippen LogP contribution is -2.15. The van der Waals surface area contributed by atoms with Crippen LogP contribution in [0.4, 0.5) is 0 Å². The summed E-state index contributed by atoms with van der Waals surface area (Å²) in [7, 11) is 0. The van der Waals surface area contributed by atoms with Gasteiger partial charge < -0.3 is 15.4 Å². The van der Waals surface area contributed by atoms with Gasteiger partial charge in [-0.05, 0) is 86.7 Å². The van der Waals surface area contributed by atoms with Gasteiger partial charge in [-0.2, -0.15) is 0 Å². The number of unbranched alkanes of at least 4 members (excludes halogenated alkanes) is 1. The molecule has 30 heavy (non-hydrogen) atoms. The highest BCUT2D eigenvalue weighted by Gasteiger charge is 2.13.